The summed E-state index contributed by atoms with van der Waals surface area (Å²) in [6, 6.07) is 14.9. The number of carbonyl (C=O) groups is 2. The summed E-state index contributed by atoms with van der Waals surface area (Å²) in [5.41, 5.74) is 0.886. The average molecular weight is 467 g/mol. The summed E-state index contributed by atoms with van der Waals surface area (Å²) in [6.07, 6.45) is 1.21. The van der Waals surface area contributed by atoms with E-state index in [2.05, 4.69) is 10.2 Å². The zero-order valence-electron chi connectivity index (χ0n) is 17.7. The number of carbonyl (C=O) groups excluding carboxylic acids is 2. The Morgan fingerprint density at radius 3 is 2.42 bits per heavy atom. The Labute approximate surface area is 194 Å². The fraction of sp³-hybridized carbons (Fsp3) is 0.391. The summed E-state index contributed by atoms with van der Waals surface area (Å²) < 4.78 is 10.7. The number of likely N-dealkylation sites (tertiary alicyclic amines) is 1. The number of nitrogens with one attached hydrogen (secondary N) is 1. The van der Waals surface area contributed by atoms with Crippen LogP contribution in [0.4, 0.5) is 5.69 Å². The molecule has 0 radical (unpaired) electrons. The van der Waals surface area contributed by atoms with Crippen molar-refractivity contribution in [2.45, 2.75) is 25.2 Å². The summed E-state index contributed by atoms with van der Waals surface area (Å²) in [6.45, 7) is 3.65. The second-order valence-corrected chi connectivity index (χ2v) is 7.77. The lowest BCUT2D eigenvalue weighted by Gasteiger charge is -2.40. The van der Waals surface area contributed by atoms with Gasteiger partial charge in [0.2, 0.25) is 5.91 Å². The van der Waals surface area contributed by atoms with Crippen molar-refractivity contribution in [2.24, 2.45) is 0 Å². The van der Waals surface area contributed by atoms with Crippen LogP contribution in [0.2, 0.25) is 5.02 Å². The van der Waals surface area contributed by atoms with E-state index in [-0.39, 0.29) is 30.8 Å². The van der Waals surface area contributed by atoms with E-state index in [9.17, 15) is 9.59 Å². The number of piperidine rings is 1. The van der Waals surface area contributed by atoms with Crippen LogP contribution in [-0.4, -0.2) is 50.1 Å². The number of esters is 1. The molecule has 8 heteroatoms. The first-order valence-corrected chi connectivity index (χ1v) is 10.4. The average Bonchev–Trinajstić information content (AvgIpc) is 2.76. The summed E-state index contributed by atoms with van der Waals surface area (Å²) in [5.74, 6) is 0.185. The van der Waals surface area contributed by atoms with E-state index in [1.807, 2.05) is 37.3 Å². The predicted molar refractivity (Wildman–Crippen MR) is 124 cm³/mol. The zero-order chi connectivity index (χ0) is 21.6. The van der Waals surface area contributed by atoms with E-state index in [1.165, 1.54) is 7.11 Å². The molecule has 1 saturated heterocycles. The Bertz CT molecular complexity index is 884. The summed E-state index contributed by atoms with van der Waals surface area (Å²) >= 11 is 5.97. The fourth-order valence-electron chi connectivity index (χ4n) is 3.89. The fourth-order valence-corrected chi connectivity index (χ4v) is 4.05. The van der Waals surface area contributed by atoms with E-state index in [4.69, 9.17) is 21.1 Å². The molecule has 168 valence electrons. The smallest absolute Gasteiger partial charge is 0.316 e. The molecule has 0 spiro atoms. The van der Waals surface area contributed by atoms with Crippen molar-refractivity contribution in [2.75, 3.05) is 38.7 Å². The first kappa shape index (κ1) is 25.0. The van der Waals surface area contributed by atoms with Gasteiger partial charge >= 0.3 is 5.97 Å². The Kier molecular flexibility index (Phi) is 9.16. The van der Waals surface area contributed by atoms with Crippen LogP contribution in [0.5, 0.6) is 5.75 Å². The second-order valence-electron chi connectivity index (χ2n) is 7.34. The molecule has 0 bridgehead atoms. The van der Waals surface area contributed by atoms with Gasteiger partial charge in [-0.3, -0.25) is 14.5 Å². The molecule has 1 amide bonds. The molecule has 0 aromatic heterocycles. The van der Waals surface area contributed by atoms with Gasteiger partial charge in [0.1, 0.15) is 5.75 Å². The molecule has 0 aliphatic carbocycles. The van der Waals surface area contributed by atoms with Crippen LogP contribution in [0.25, 0.3) is 0 Å². The minimum atomic E-state index is -0.663. The highest BCUT2D eigenvalue weighted by Crippen LogP contribution is 2.37. The Balaban J connectivity index is 0.00000341. The Hall–Kier alpha value is -2.28. The quantitative estimate of drug-likeness (QED) is 0.615. The van der Waals surface area contributed by atoms with Crippen molar-refractivity contribution in [1.82, 2.24) is 4.90 Å². The van der Waals surface area contributed by atoms with E-state index in [1.54, 1.807) is 18.2 Å². The molecular formula is C23H28Cl2N2O4. The maximum Gasteiger partial charge on any atom is 0.316 e. The van der Waals surface area contributed by atoms with Gasteiger partial charge in [-0.15, -0.1) is 12.4 Å². The molecule has 0 unspecified atom stereocenters. The van der Waals surface area contributed by atoms with Crippen molar-refractivity contribution in [1.29, 1.82) is 0 Å². The molecule has 0 atom stereocenters. The van der Waals surface area contributed by atoms with Crippen LogP contribution >= 0.6 is 24.0 Å². The maximum atomic E-state index is 12.8. The van der Waals surface area contributed by atoms with Crippen LogP contribution < -0.4 is 10.1 Å². The minimum absolute atomic E-state index is 0. The molecule has 31 heavy (non-hydrogen) atoms. The lowest BCUT2D eigenvalue weighted by atomic mass is 9.72. The zero-order valence-corrected chi connectivity index (χ0v) is 19.3. The number of anilines is 1. The number of methoxy groups -OCH3 is 1. The van der Waals surface area contributed by atoms with Crippen molar-refractivity contribution >= 4 is 41.6 Å². The molecule has 1 aliphatic rings. The number of nitrogens with zero attached hydrogens (tertiary/aromatic N) is 1. The number of hydrogen-bond donors (Lipinski definition) is 1. The monoisotopic (exact) mass is 466 g/mol. The van der Waals surface area contributed by atoms with Crippen LogP contribution in [0.1, 0.15) is 25.3 Å². The highest BCUT2D eigenvalue weighted by Gasteiger charge is 2.44. The number of halogens is 2. The topological polar surface area (TPSA) is 67.9 Å². The van der Waals surface area contributed by atoms with Gasteiger partial charge in [0, 0.05) is 24.2 Å². The molecule has 6 nitrogen and oxygen atoms in total. The van der Waals surface area contributed by atoms with Gasteiger partial charge in [-0.2, -0.15) is 0 Å². The first-order chi connectivity index (χ1) is 14.5. The lowest BCUT2D eigenvalue weighted by Crippen LogP contribution is -2.49. The highest BCUT2D eigenvalue weighted by atomic mass is 35.5. The van der Waals surface area contributed by atoms with Gasteiger partial charge in [0.25, 0.3) is 0 Å². The minimum Gasteiger partial charge on any atom is -0.495 e. The summed E-state index contributed by atoms with van der Waals surface area (Å²) in [5, 5.41) is 3.41. The van der Waals surface area contributed by atoms with Gasteiger partial charge in [-0.1, -0.05) is 41.9 Å². The first-order valence-electron chi connectivity index (χ1n) is 10.1. The molecule has 3 rings (SSSR count). The number of benzene rings is 2. The molecular weight excluding hydrogens is 439 g/mol. The van der Waals surface area contributed by atoms with Gasteiger partial charge < -0.3 is 14.8 Å². The molecule has 2 aromatic carbocycles. The summed E-state index contributed by atoms with van der Waals surface area (Å²) in [4.78, 5) is 27.5. The third-order valence-corrected chi connectivity index (χ3v) is 5.74. The van der Waals surface area contributed by atoms with Gasteiger partial charge in [-0.25, -0.2) is 0 Å². The van der Waals surface area contributed by atoms with Crippen molar-refractivity contribution in [3.63, 3.8) is 0 Å². The van der Waals surface area contributed by atoms with Crippen LogP contribution in [0.15, 0.2) is 48.5 Å². The molecule has 0 saturated carbocycles. The Morgan fingerprint density at radius 1 is 1.13 bits per heavy atom. The van der Waals surface area contributed by atoms with Crippen molar-refractivity contribution in [3.05, 3.63) is 59.1 Å². The van der Waals surface area contributed by atoms with Gasteiger partial charge in [0.15, 0.2) is 0 Å². The molecule has 1 heterocycles. The van der Waals surface area contributed by atoms with Crippen molar-refractivity contribution < 1.29 is 19.1 Å². The van der Waals surface area contributed by atoms with Gasteiger partial charge in [0.05, 0.1) is 31.4 Å². The SMILES string of the molecule is CCOC(=O)C1(c2ccccc2)CCN(CC(=O)Nc2ccc(Cl)cc2OC)CC1.Cl. The second kappa shape index (κ2) is 11.4. The highest BCUT2D eigenvalue weighted by molar-refractivity contribution is 6.30. The largest absolute Gasteiger partial charge is 0.495 e. The number of ether oxygens (including phenoxy) is 2. The summed E-state index contributed by atoms with van der Waals surface area (Å²) in [7, 11) is 1.53. The number of amides is 1. The third-order valence-electron chi connectivity index (χ3n) is 5.51. The van der Waals surface area contributed by atoms with Crippen LogP contribution in [0.3, 0.4) is 0 Å². The van der Waals surface area contributed by atoms with Crippen LogP contribution in [0, 0.1) is 0 Å². The predicted octanol–water partition coefficient (Wildman–Crippen LogP) is 4.31. The van der Waals surface area contributed by atoms with E-state index in [0.29, 0.717) is 49.0 Å². The van der Waals surface area contributed by atoms with Crippen LogP contribution in [-0.2, 0) is 19.7 Å². The molecule has 2 aromatic rings. The van der Waals surface area contributed by atoms with E-state index in [0.717, 1.165) is 5.56 Å². The molecule has 1 fully saturated rings. The maximum absolute atomic E-state index is 12.8. The number of rotatable bonds is 7. The lowest BCUT2D eigenvalue weighted by molar-refractivity contribution is -0.152. The van der Waals surface area contributed by atoms with E-state index < -0.39 is 5.41 Å². The normalized spacial score (nSPS) is 15.5. The van der Waals surface area contributed by atoms with Crippen molar-refractivity contribution in [3.8, 4) is 5.75 Å². The molecule has 1 aliphatic heterocycles. The standard InChI is InChI=1S/C23H27ClN2O4.ClH/c1-3-30-22(28)23(17-7-5-4-6-8-17)11-13-26(14-12-23)16-21(27)25-19-10-9-18(24)15-20(19)29-2;/h4-10,15H,3,11-14,16H2,1-2H3,(H,25,27);1H. The van der Waals surface area contributed by atoms with E-state index >= 15 is 0 Å². The van der Waals surface area contributed by atoms with Gasteiger partial charge in [-0.05, 0) is 37.5 Å². The third kappa shape index (κ3) is 5.91. The number of hydrogen-bond acceptors (Lipinski definition) is 5. The molecule has 1 N–H and O–H groups in total. The Morgan fingerprint density at radius 2 is 1.81 bits per heavy atom.